The Morgan fingerprint density at radius 3 is 2.14 bits per heavy atom. The third-order valence-corrected chi connectivity index (χ3v) is 8.03. The van der Waals surface area contributed by atoms with Gasteiger partial charge in [0.1, 0.15) is 12.6 Å². The van der Waals surface area contributed by atoms with E-state index >= 15 is 0 Å². The monoisotopic (exact) mass is 595 g/mol. The van der Waals surface area contributed by atoms with Crippen LogP contribution in [0.5, 0.6) is 11.5 Å². The lowest BCUT2D eigenvalue weighted by Crippen LogP contribution is -2.53. The molecule has 3 aromatic rings. The second-order valence-electron chi connectivity index (χ2n) is 10.6. The Labute approximate surface area is 249 Å². The molecule has 0 aliphatic heterocycles. The second kappa shape index (κ2) is 14.7. The van der Waals surface area contributed by atoms with E-state index in [1.165, 1.54) is 25.2 Å². The molecule has 0 heterocycles. The third-order valence-electron chi connectivity index (χ3n) is 6.89. The molecule has 1 N–H and O–H groups in total. The minimum absolute atomic E-state index is 0.127. The quantitative estimate of drug-likeness (QED) is 0.300. The van der Waals surface area contributed by atoms with Gasteiger partial charge in [-0.1, -0.05) is 68.4 Å². The largest absolute Gasteiger partial charge is 0.493 e. The maximum Gasteiger partial charge on any atom is 0.244 e. The Morgan fingerprint density at radius 1 is 0.905 bits per heavy atom. The van der Waals surface area contributed by atoms with Gasteiger partial charge >= 0.3 is 0 Å². The fraction of sp³-hybridized carbons (Fsp3) is 0.375. The number of rotatable bonds is 14. The summed E-state index contributed by atoms with van der Waals surface area (Å²) in [6.45, 7) is 5.99. The van der Waals surface area contributed by atoms with Crippen LogP contribution in [-0.4, -0.2) is 64.7 Å². The normalized spacial score (nSPS) is 12.0. The lowest BCUT2D eigenvalue weighted by atomic mass is 10.0. The first-order valence-electron chi connectivity index (χ1n) is 13.8. The number of methoxy groups -OCH3 is 2. The minimum atomic E-state index is -3.91. The van der Waals surface area contributed by atoms with Gasteiger partial charge in [0.15, 0.2) is 11.5 Å². The number of sulfonamides is 1. The van der Waals surface area contributed by atoms with E-state index < -0.39 is 28.5 Å². The predicted molar refractivity (Wildman–Crippen MR) is 165 cm³/mol. The molecule has 10 heteroatoms. The molecule has 2 amide bonds. The van der Waals surface area contributed by atoms with Crippen LogP contribution in [0.1, 0.15) is 30.5 Å². The van der Waals surface area contributed by atoms with Crippen LogP contribution in [0.3, 0.4) is 0 Å². The highest BCUT2D eigenvalue weighted by molar-refractivity contribution is 7.92. The first-order valence-corrected chi connectivity index (χ1v) is 15.6. The van der Waals surface area contributed by atoms with E-state index in [2.05, 4.69) is 5.32 Å². The molecule has 0 saturated heterocycles. The summed E-state index contributed by atoms with van der Waals surface area (Å²) in [6.07, 6.45) is 1.30. The minimum Gasteiger partial charge on any atom is -0.493 e. The van der Waals surface area contributed by atoms with Crippen molar-refractivity contribution in [1.82, 2.24) is 10.2 Å². The van der Waals surface area contributed by atoms with Crippen molar-refractivity contribution in [3.8, 4) is 11.5 Å². The average Bonchev–Trinajstić information content (AvgIpc) is 2.96. The number of anilines is 1. The number of nitrogens with one attached hydrogen (secondary N) is 1. The molecule has 0 saturated carbocycles. The predicted octanol–water partition coefficient (Wildman–Crippen LogP) is 4.19. The van der Waals surface area contributed by atoms with Crippen LogP contribution in [0.4, 0.5) is 5.69 Å². The van der Waals surface area contributed by atoms with Crippen LogP contribution in [0.2, 0.25) is 0 Å². The van der Waals surface area contributed by atoms with Gasteiger partial charge in [0.25, 0.3) is 0 Å². The molecular weight excluding hydrogens is 554 g/mol. The standard InChI is InChI=1S/C32H41N3O6S/c1-23(2)20-33-32(37)28(18-25-13-8-7-9-14-25)34(21-26-15-11-10-12-24(26)3)31(36)22-35(42(6,38)39)27-16-17-29(40-4)30(19-27)41-5/h7-17,19,23,28H,18,20-22H2,1-6H3,(H,33,37)/t28-/m1/s1. The lowest BCUT2D eigenvalue weighted by molar-refractivity contribution is -0.140. The first-order chi connectivity index (χ1) is 19.9. The zero-order chi connectivity index (χ0) is 30.9. The molecule has 1 atom stereocenters. The van der Waals surface area contributed by atoms with Gasteiger partial charge in [0.05, 0.1) is 26.2 Å². The summed E-state index contributed by atoms with van der Waals surface area (Å²) < 4.78 is 37.8. The van der Waals surface area contributed by atoms with E-state index in [4.69, 9.17) is 9.47 Å². The number of nitrogens with zero attached hydrogens (tertiary/aromatic N) is 2. The molecule has 9 nitrogen and oxygen atoms in total. The highest BCUT2D eigenvalue weighted by Gasteiger charge is 2.33. The van der Waals surface area contributed by atoms with Crippen LogP contribution < -0.4 is 19.1 Å². The lowest BCUT2D eigenvalue weighted by Gasteiger charge is -2.34. The highest BCUT2D eigenvalue weighted by atomic mass is 32.2. The molecule has 0 fully saturated rings. The summed E-state index contributed by atoms with van der Waals surface area (Å²) in [5, 5.41) is 2.99. The van der Waals surface area contributed by atoms with Crippen LogP contribution in [0.15, 0.2) is 72.8 Å². The van der Waals surface area contributed by atoms with Gasteiger partial charge in [-0.15, -0.1) is 0 Å². The Balaban J connectivity index is 2.08. The third kappa shape index (κ3) is 8.72. The molecule has 0 bridgehead atoms. The van der Waals surface area contributed by atoms with Crippen LogP contribution in [0.25, 0.3) is 0 Å². The molecule has 3 rings (SSSR count). The first kappa shape index (κ1) is 32.5. The highest BCUT2D eigenvalue weighted by Crippen LogP contribution is 2.32. The molecule has 226 valence electrons. The molecule has 0 radical (unpaired) electrons. The average molecular weight is 596 g/mol. The zero-order valence-corrected chi connectivity index (χ0v) is 26.0. The summed E-state index contributed by atoms with van der Waals surface area (Å²) >= 11 is 0. The molecule has 0 aliphatic carbocycles. The van der Waals surface area contributed by atoms with Crippen molar-refractivity contribution in [2.75, 3.05) is 37.9 Å². The fourth-order valence-electron chi connectivity index (χ4n) is 4.54. The van der Waals surface area contributed by atoms with Crippen LogP contribution in [0, 0.1) is 12.8 Å². The Kier molecular flexibility index (Phi) is 11.4. The number of hydrogen-bond acceptors (Lipinski definition) is 6. The number of amides is 2. The molecular formula is C32H41N3O6S. The Hall–Kier alpha value is -4.05. The van der Waals surface area contributed by atoms with Crippen molar-refractivity contribution < 1.29 is 27.5 Å². The van der Waals surface area contributed by atoms with Crippen LogP contribution >= 0.6 is 0 Å². The van der Waals surface area contributed by atoms with Gasteiger partial charge in [-0.3, -0.25) is 13.9 Å². The summed E-state index contributed by atoms with van der Waals surface area (Å²) in [4.78, 5) is 29.4. The topological polar surface area (TPSA) is 105 Å². The SMILES string of the molecule is COc1ccc(N(CC(=O)N(Cc2ccccc2C)[C@H](Cc2ccccc2)C(=O)NCC(C)C)S(C)(=O)=O)cc1OC. The van der Waals surface area contributed by atoms with Crippen molar-refractivity contribution in [2.24, 2.45) is 5.92 Å². The molecule has 0 spiro atoms. The van der Waals surface area contributed by atoms with E-state index in [1.54, 1.807) is 12.1 Å². The summed E-state index contributed by atoms with van der Waals surface area (Å²) in [5.74, 6) is 0.137. The summed E-state index contributed by atoms with van der Waals surface area (Å²) in [5.41, 5.74) is 2.93. The molecule has 0 aromatic heterocycles. The van der Waals surface area contributed by atoms with Crippen molar-refractivity contribution in [1.29, 1.82) is 0 Å². The molecule has 0 unspecified atom stereocenters. The van der Waals surface area contributed by atoms with Crippen LogP contribution in [-0.2, 0) is 32.6 Å². The van der Waals surface area contributed by atoms with Crippen molar-refractivity contribution in [2.45, 2.75) is 39.8 Å². The number of ether oxygens (including phenoxy) is 2. The van der Waals surface area contributed by atoms with Crippen molar-refractivity contribution in [3.63, 3.8) is 0 Å². The van der Waals surface area contributed by atoms with Gasteiger partial charge < -0.3 is 19.7 Å². The van der Waals surface area contributed by atoms with Gasteiger partial charge in [0.2, 0.25) is 21.8 Å². The van der Waals surface area contributed by atoms with Gasteiger partial charge in [0, 0.05) is 25.6 Å². The summed E-state index contributed by atoms with van der Waals surface area (Å²) in [6, 6.07) is 20.9. The summed E-state index contributed by atoms with van der Waals surface area (Å²) in [7, 11) is -0.977. The molecule has 0 aliphatic rings. The zero-order valence-electron chi connectivity index (χ0n) is 25.2. The van der Waals surface area contributed by atoms with Gasteiger partial charge in [-0.05, 0) is 41.7 Å². The van der Waals surface area contributed by atoms with Gasteiger partial charge in [-0.25, -0.2) is 8.42 Å². The molecule has 42 heavy (non-hydrogen) atoms. The Morgan fingerprint density at radius 2 is 1.55 bits per heavy atom. The Bertz CT molecular complexity index is 1460. The number of hydrogen-bond donors (Lipinski definition) is 1. The van der Waals surface area contributed by atoms with E-state index in [0.717, 1.165) is 27.3 Å². The maximum atomic E-state index is 14.2. The second-order valence-corrected chi connectivity index (χ2v) is 12.5. The number of benzene rings is 3. The van der Waals surface area contributed by atoms with E-state index in [0.29, 0.717) is 18.0 Å². The number of carbonyl (C=O) groups excluding carboxylic acids is 2. The smallest absolute Gasteiger partial charge is 0.244 e. The van der Waals surface area contributed by atoms with E-state index in [1.807, 2.05) is 75.4 Å². The van der Waals surface area contributed by atoms with Crippen molar-refractivity contribution in [3.05, 3.63) is 89.5 Å². The maximum absolute atomic E-state index is 14.2. The number of carbonyl (C=O) groups is 2. The van der Waals surface area contributed by atoms with Crippen molar-refractivity contribution >= 4 is 27.5 Å². The fourth-order valence-corrected chi connectivity index (χ4v) is 5.38. The molecule has 3 aromatic carbocycles. The van der Waals surface area contributed by atoms with E-state index in [9.17, 15) is 18.0 Å². The van der Waals surface area contributed by atoms with Gasteiger partial charge in [-0.2, -0.15) is 0 Å². The number of aryl methyl sites for hydroxylation is 1. The van der Waals surface area contributed by atoms with E-state index in [-0.39, 0.29) is 30.5 Å².